The van der Waals surface area contributed by atoms with Crippen LogP contribution in [0.5, 0.6) is 5.75 Å². The number of benzene rings is 2. The van der Waals surface area contributed by atoms with Gasteiger partial charge < -0.3 is 9.15 Å². The zero-order valence-corrected chi connectivity index (χ0v) is 19.7. The van der Waals surface area contributed by atoms with Gasteiger partial charge >= 0.3 is 0 Å². The van der Waals surface area contributed by atoms with Crippen molar-refractivity contribution in [3.05, 3.63) is 60.5 Å². The summed E-state index contributed by atoms with van der Waals surface area (Å²) in [7, 11) is 1.68. The lowest BCUT2D eigenvalue weighted by Gasteiger charge is -2.26. The van der Waals surface area contributed by atoms with Gasteiger partial charge in [0.2, 0.25) is 11.8 Å². The minimum atomic E-state index is -0.0507. The van der Waals surface area contributed by atoms with Gasteiger partial charge in [-0.05, 0) is 56.2 Å². The van der Waals surface area contributed by atoms with Crippen molar-refractivity contribution in [2.45, 2.75) is 55.5 Å². The Hall–Kier alpha value is -3.13. The number of nitrogens with zero attached hydrogens (tertiary/aromatic N) is 5. The van der Waals surface area contributed by atoms with Crippen LogP contribution in [-0.4, -0.2) is 32.1 Å². The van der Waals surface area contributed by atoms with Crippen LogP contribution in [0, 0.1) is 0 Å². The Balaban J connectivity index is 1.43. The minimum Gasteiger partial charge on any atom is -0.497 e. The van der Waals surface area contributed by atoms with Gasteiger partial charge in [-0.25, -0.2) is 0 Å². The third-order valence-corrected chi connectivity index (χ3v) is 7.09. The van der Waals surface area contributed by atoms with E-state index < -0.39 is 0 Å². The molecular formula is C25H27N5O2S. The van der Waals surface area contributed by atoms with E-state index in [4.69, 9.17) is 9.15 Å². The average molecular weight is 462 g/mol. The zero-order valence-electron chi connectivity index (χ0n) is 18.8. The Bertz CT molecular complexity index is 1180. The number of thioether (sulfide) groups is 1. The van der Waals surface area contributed by atoms with Crippen LogP contribution >= 0.6 is 11.8 Å². The Kier molecular flexibility index (Phi) is 6.44. The first-order chi connectivity index (χ1) is 16.2. The fourth-order valence-electron chi connectivity index (χ4n) is 4.27. The molecule has 2 aromatic carbocycles. The third kappa shape index (κ3) is 4.66. The highest BCUT2D eigenvalue weighted by Crippen LogP contribution is 2.40. The molecule has 1 fully saturated rings. The molecule has 1 aliphatic rings. The monoisotopic (exact) mass is 461 g/mol. The van der Waals surface area contributed by atoms with Gasteiger partial charge in [-0.15, -0.1) is 20.4 Å². The van der Waals surface area contributed by atoms with Gasteiger partial charge in [-0.3, -0.25) is 4.57 Å². The van der Waals surface area contributed by atoms with Gasteiger partial charge in [-0.1, -0.05) is 49.2 Å². The molecule has 33 heavy (non-hydrogen) atoms. The van der Waals surface area contributed by atoms with E-state index in [-0.39, 0.29) is 5.25 Å². The molecule has 4 aromatic rings. The standard InChI is InChI=1S/C25H27N5O2S/c1-17(23-27-28-24(32-23)19-9-5-3-6-10-19)33-25-29-26-22(18-13-15-21(31-2)16-14-18)30(25)20-11-7-4-8-12-20/h3,5-6,9-10,13-17,20H,4,7-8,11-12H2,1-2H3/t17-/m1/s1. The van der Waals surface area contributed by atoms with E-state index in [0.717, 1.165) is 40.7 Å². The van der Waals surface area contributed by atoms with Gasteiger partial charge in [0.1, 0.15) is 5.75 Å². The molecule has 2 heterocycles. The van der Waals surface area contributed by atoms with Gasteiger partial charge in [0.05, 0.1) is 12.4 Å². The lowest BCUT2D eigenvalue weighted by atomic mass is 9.95. The van der Waals surface area contributed by atoms with E-state index >= 15 is 0 Å². The van der Waals surface area contributed by atoms with E-state index in [1.165, 1.54) is 19.3 Å². The fraction of sp³-hybridized carbons (Fsp3) is 0.360. The summed E-state index contributed by atoms with van der Waals surface area (Å²) in [6, 6.07) is 18.2. The molecule has 1 atom stereocenters. The van der Waals surface area contributed by atoms with Crippen LogP contribution in [0.2, 0.25) is 0 Å². The molecule has 2 aromatic heterocycles. The van der Waals surface area contributed by atoms with Gasteiger partial charge in [0, 0.05) is 17.2 Å². The molecule has 5 rings (SSSR count). The first-order valence-electron chi connectivity index (χ1n) is 11.4. The summed E-state index contributed by atoms with van der Waals surface area (Å²) in [5.74, 6) is 2.85. The van der Waals surface area contributed by atoms with Crippen molar-refractivity contribution in [1.29, 1.82) is 0 Å². The van der Waals surface area contributed by atoms with Crippen LogP contribution in [-0.2, 0) is 0 Å². The molecule has 0 N–H and O–H groups in total. The highest BCUT2D eigenvalue weighted by Gasteiger charge is 2.26. The Morgan fingerprint density at radius 2 is 1.67 bits per heavy atom. The second-order valence-electron chi connectivity index (χ2n) is 8.27. The summed E-state index contributed by atoms with van der Waals surface area (Å²) < 4.78 is 13.6. The maximum absolute atomic E-state index is 5.99. The van der Waals surface area contributed by atoms with E-state index in [0.29, 0.717) is 17.8 Å². The van der Waals surface area contributed by atoms with Crippen LogP contribution in [0.1, 0.15) is 56.2 Å². The van der Waals surface area contributed by atoms with Crippen molar-refractivity contribution in [1.82, 2.24) is 25.0 Å². The summed E-state index contributed by atoms with van der Waals surface area (Å²) >= 11 is 1.62. The van der Waals surface area contributed by atoms with Gasteiger partial charge in [0.15, 0.2) is 11.0 Å². The summed E-state index contributed by atoms with van der Waals surface area (Å²) in [6.07, 6.45) is 6.03. The van der Waals surface area contributed by atoms with Crippen molar-refractivity contribution in [3.8, 4) is 28.6 Å². The normalized spacial score (nSPS) is 15.5. The number of rotatable bonds is 7. The van der Waals surface area contributed by atoms with Gasteiger partial charge in [-0.2, -0.15) is 0 Å². The predicted octanol–water partition coefficient (Wildman–Crippen LogP) is 6.36. The number of hydrogen-bond acceptors (Lipinski definition) is 7. The smallest absolute Gasteiger partial charge is 0.247 e. The highest BCUT2D eigenvalue weighted by atomic mass is 32.2. The second-order valence-corrected chi connectivity index (χ2v) is 9.58. The molecular weight excluding hydrogens is 434 g/mol. The third-order valence-electron chi connectivity index (χ3n) is 6.04. The molecule has 0 spiro atoms. The molecule has 1 saturated carbocycles. The maximum Gasteiger partial charge on any atom is 0.247 e. The molecule has 0 amide bonds. The topological polar surface area (TPSA) is 78.9 Å². The van der Waals surface area contributed by atoms with E-state index in [1.807, 2.05) is 54.6 Å². The Labute approximate surface area is 197 Å². The lowest BCUT2D eigenvalue weighted by Crippen LogP contribution is -2.15. The lowest BCUT2D eigenvalue weighted by molar-refractivity contribution is 0.339. The molecule has 0 aliphatic heterocycles. The fourth-order valence-corrected chi connectivity index (χ4v) is 5.22. The molecule has 0 bridgehead atoms. The Morgan fingerprint density at radius 1 is 0.909 bits per heavy atom. The zero-order chi connectivity index (χ0) is 22.6. The van der Waals surface area contributed by atoms with Crippen LogP contribution in [0.3, 0.4) is 0 Å². The molecule has 0 saturated heterocycles. The first-order valence-corrected chi connectivity index (χ1v) is 12.3. The number of methoxy groups -OCH3 is 1. The summed E-state index contributed by atoms with van der Waals surface area (Å²) in [4.78, 5) is 0. The minimum absolute atomic E-state index is 0.0507. The molecule has 0 radical (unpaired) electrons. The van der Waals surface area contributed by atoms with Crippen LogP contribution < -0.4 is 4.74 Å². The van der Waals surface area contributed by atoms with Crippen LogP contribution in [0.4, 0.5) is 0 Å². The van der Waals surface area contributed by atoms with Crippen molar-refractivity contribution < 1.29 is 9.15 Å². The van der Waals surface area contributed by atoms with Crippen molar-refractivity contribution >= 4 is 11.8 Å². The van der Waals surface area contributed by atoms with E-state index in [9.17, 15) is 0 Å². The number of ether oxygens (including phenoxy) is 1. The first kappa shape index (κ1) is 21.7. The number of hydrogen-bond donors (Lipinski definition) is 0. The van der Waals surface area contributed by atoms with E-state index in [1.54, 1.807) is 18.9 Å². The Morgan fingerprint density at radius 3 is 2.39 bits per heavy atom. The quantitative estimate of drug-likeness (QED) is 0.296. The van der Waals surface area contributed by atoms with Crippen LogP contribution in [0.25, 0.3) is 22.8 Å². The van der Waals surface area contributed by atoms with Crippen molar-refractivity contribution in [3.63, 3.8) is 0 Å². The maximum atomic E-state index is 5.99. The molecule has 1 aliphatic carbocycles. The SMILES string of the molecule is COc1ccc(-c2nnc(S[C@H](C)c3nnc(-c4ccccc4)o3)n2C2CCCCC2)cc1. The molecule has 170 valence electrons. The summed E-state index contributed by atoms with van der Waals surface area (Å²) in [5, 5.41) is 18.6. The summed E-state index contributed by atoms with van der Waals surface area (Å²) in [6.45, 7) is 2.07. The van der Waals surface area contributed by atoms with Crippen molar-refractivity contribution in [2.24, 2.45) is 0 Å². The molecule has 7 nitrogen and oxygen atoms in total. The summed E-state index contributed by atoms with van der Waals surface area (Å²) in [5.41, 5.74) is 1.96. The molecule has 0 unspecified atom stereocenters. The van der Waals surface area contributed by atoms with Gasteiger partial charge in [0.25, 0.3) is 0 Å². The van der Waals surface area contributed by atoms with Crippen molar-refractivity contribution in [2.75, 3.05) is 7.11 Å². The van der Waals surface area contributed by atoms with E-state index in [2.05, 4.69) is 31.9 Å². The number of aromatic nitrogens is 5. The predicted molar refractivity (Wildman–Crippen MR) is 128 cm³/mol. The highest BCUT2D eigenvalue weighted by molar-refractivity contribution is 7.99. The molecule has 8 heteroatoms. The second kappa shape index (κ2) is 9.79. The van der Waals surface area contributed by atoms with Crippen LogP contribution in [0.15, 0.2) is 64.2 Å². The average Bonchev–Trinajstić information content (AvgIpc) is 3.53. The largest absolute Gasteiger partial charge is 0.497 e.